The second-order valence-electron chi connectivity index (χ2n) is 6.68. The molecule has 2 aromatic heterocycles. The average Bonchev–Trinajstić information content (AvgIpc) is 3.41. The zero-order valence-electron chi connectivity index (χ0n) is 16.1. The number of aromatic nitrogens is 3. The summed E-state index contributed by atoms with van der Waals surface area (Å²) in [5.74, 6) is -2.73. The monoisotopic (exact) mass is 447 g/mol. The fourth-order valence-corrected chi connectivity index (χ4v) is 3.84. The van der Waals surface area contributed by atoms with Crippen molar-refractivity contribution in [1.82, 2.24) is 24.6 Å². The van der Waals surface area contributed by atoms with E-state index in [4.69, 9.17) is 14.6 Å². The molecule has 4 heterocycles. The average molecular weight is 447 g/mol. The fraction of sp³-hybridized carbons (Fsp3) is 0.529. The number of morpholine rings is 1. The highest BCUT2D eigenvalue weighted by molar-refractivity contribution is 7.09. The van der Waals surface area contributed by atoms with Crippen molar-refractivity contribution < 1.29 is 32.6 Å². The summed E-state index contributed by atoms with van der Waals surface area (Å²) in [6, 6.07) is 0. The Morgan fingerprint density at radius 2 is 1.93 bits per heavy atom. The number of aliphatic carboxylic acids is 1. The Morgan fingerprint density at radius 3 is 2.50 bits per heavy atom. The highest BCUT2D eigenvalue weighted by Crippen LogP contribution is 2.28. The van der Waals surface area contributed by atoms with Crippen LogP contribution >= 0.6 is 11.3 Å². The largest absolute Gasteiger partial charge is 0.490 e. The number of rotatable bonds is 3. The summed E-state index contributed by atoms with van der Waals surface area (Å²) in [5.41, 5.74) is 2.81. The molecule has 0 atom stereocenters. The van der Waals surface area contributed by atoms with Gasteiger partial charge in [-0.15, -0.1) is 11.3 Å². The Bertz CT molecular complexity index is 894. The van der Waals surface area contributed by atoms with E-state index in [0.29, 0.717) is 32.0 Å². The summed E-state index contributed by atoms with van der Waals surface area (Å²) >= 11 is 1.66. The summed E-state index contributed by atoms with van der Waals surface area (Å²) in [7, 11) is 1.92. The minimum Gasteiger partial charge on any atom is -0.475 e. The van der Waals surface area contributed by atoms with Crippen LogP contribution in [0.3, 0.4) is 0 Å². The van der Waals surface area contributed by atoms with Crippen LogP contribution in [0.2, 0.25) is 0 Å². The van der Waals surface area contributed by atoms with Gasteiger partial charge < -0.3 is 14.7 Å². The molecule has 0 spiro atoms. The molecule has 0 unspecified atom stereocenters. The molecule has 0 bridgehead atoms. The maximum absolute atomic E-state index is 12.8. The van der Waals surface area contributed by atoms with Crippen molar-refractivity contribution >= 4 is 23.2 Å². The maximum Gasteiger partial charge on any atom is 0.490 e. The number of carboxylic acids is 1. The number of carbonyl (C=O) groups excluding carboxylic acids is 1. The number of nitrogens with zero attached hydrogens (tertiary/aromatic N) is 5. The van der Waals surface area contributed by atoms with Crippen LogP contribution in [0.25, 0.3) is 0 Å². The highest BCUT2D eigenvalue weighted by atomic mass is 32.1. The molecule has 13 heteroatoms. The number of carbonyl (C=O) groups is 2. The van der Waals surface area contributed by atoms with Gasteiger partial charge in [0.25, 0.3) is 5.91 Å². The Morgan fingerprint density at radius 1 is 1.27 bits per heavy atom. The summed E-state index contributed by atoms with van der Waals surface area (Å²) in [6.45, 7) is 4.90. The molecule has 30 heavy (non-hydrogen) atoms. The number of carboxylic acid groups (broad SMARTS) is 1. The zero-order valence-corrected chi connectivity index (χ0v) is 16.9. The minimum atomic E-state index is -5.08. The number of halogens is 3. The SMILES string of the molecule is Cn1nc(C(=O)N2CCOCC2)c2c1CN(Cc1nccs1)C2.O=C(O)C(F)(F)F. The zero-order chi connectivity index (χ0) is 21.9. The normalized spacial score (nSPS) is 16.7. The van der Waals surface area contributed by atoms with E-state index in [1.165, 1.54) is 0 Å². The van der Waals surface area contributed by atoms with Crippen LogP contribution in [0, 0.1) is 0 Å². The first-order valence-electron chi connectivity index (χ1n) is 8.99. The van der Waals surface area contributed by atoms with Crippen molar-refractivity contribution in [2.45, 2.75) is 25.8 Å². The van der Waals surface area contributed by atoms with Crippen LogP contribution in [-0.4, -0.2) is 74.0 Å². The maximum atomic E-state index is 12.8. The first-order valence-corrected chi connectivity index (χ1v) is 9.87. The lowest BCUT2D eigenvalue weighted by Crippen LogP contribution is -2.41. The minimum absolute atomic E-state index is 0.0289. The van der Waals surface area contributed by atoms with Gasteiger partial charge in [-0.1, -0.05) is 0 Å². The van der Waals surface area contributed by atoms with Gasteiger partial charge in [-0.25, -0.2) is 9.78 Å². The number of fused-ring (bicyclic) bond motifs is 1. The number of aryl methyl sites for hydroxylation is 1. The number of hydrogen-bond acceptors (Lipinski definition) is 7. The van der Waals surface area contributed by atoms with Gasteiger partial charge in [0.2, 0.25) is 0 Å². The Kier molecular flexibility index (Phi) is 6.73. The third kappa shape index (κ3) is 5.15. The van der Waals surface area contributed by atoms with Gasteiger partial charge in [0.15, 0.2) is 5.69 Å². The van der Waals surface area contributed by atoms with E-state index in [9.17, 15) is 18.0 Å². The number of hydrogen-bond donors (Lipinski definition) is 1. The summed E-state index contributed by atoms with van der Waals surface area (Å²) < 4.78 is 38.9. The van der Waals surface area contributed by atoms with E-state index >= 15 is 0 Å². The third-order valence-corrected chi connectivity index (χ3v) is 5.38. The number of ether oxygens (including phenoxy) is 1. The van der Waals surface area contributed by atoms with Crippen LogP contribution in [0.5, 0.6) is 0 Å². The molecule has 2 aromatic rings. The van der Waals surface area contributed by atoms with E-state index in [0.717, 1.165) is 35.9 Å². The Hall–Kier alpha value is -2.51. The van der Waals surface area contributed by atoms with Crippen molar-refractivity contribution in [2.24, 2.45) is 7.05 Å². The van der Waals surface area contributed by atoms with Crippen molar-refractivity contribution in [3.8, 4) is 0 Å². The second-order valence-corrected chi connectivity index (χ2v) is 7.66. The predicted octanol–water partition coefficient (Wildman–Crippen LogP) is 1.50. The van der Waals surface area contributed by atoms with Crippen molar-refractivity contribution in [3.63, 3.8) is 0 Å². The smallest absolute Gasteiger partial charge is 0.475 e. The quantitative estimate of drug-likeness (QED) is 0.761. The summed E-state index contributed by atoms with van der Waals surface area (Å²) in [5, 5.41) is 14.7. The van der Waals surface area contributed by atoms with E-state index in [1.54, 1.807) is 11.3 Å². The third-order valence-electron chi connectivity index (χ3n) is 4.62. The van der Waals surface area contributed by atoms with Gasteiger partial charge >= 0.3 is 12.1 Å². The molecule has 164 valence electrons. The van der Waals surface area contributed by atoms with Crippen LogP contribution in [0.1, 0.15) is 26.8 Å². The number of alkyl halides is 3. The van der Waals surface area contributed by atoms with E-state index in [1.807, 2.05) is 28.2 Å². The van der Waals surface area contributed by atoms with Gasteiger partial charge in [0.05, 0.1) is 25.5 Å². The molecule has 1 N–H and O–H groups in total. The summed E-state index contributed by atoms with van der Waals surface area (Å²) in [4.78, 5) is 30.2. The van der Waals surface area contributed by atoms with E-state index in [2.05, 4.69) is 15.0 Å². The molecular weight excluding hydrogens is 427 g/mol. The molecule has 0 aromatic carbocycles. The Labute approximate surface area is 173 Å². The molecule has 2 aliphatic heterocycles. The fourth-order valence-electron chi connectivity index (χ4n) is 3.18. The second kappa shape index (κ2) is 9.10. The van der Waals surface area contributed by atoms with E-state index in [-0.39, 0.29) is 5.91 Å². The standard InChI is InChI=1S/C15H19N5O2S.C2HF3O2/c1-18-12-9-19(10-13-16-2-7-23-13)8-11(12)14(17-18)15(21)20-3-5-22-6-4-20;3-2(4,5)1(6)7/h2,7H,3-6,8-10H2,1H3;(H,6,7). The van der Waals surface area contributed by atoms with Gasteiger partial charge in [-0.3, -0.25) is 14.4 Å². The lowest BCUT2D eigenvalue weighted by Gasteiger charge is -2.26. The molecule has 9 nitrogen and oxygen atoms in total. The number of amides is 1. The first kappa shape index (κ1) is 22.2. The van der Waals surface area contributed by atoms with Crippen LogP contribution in [0.4, 0.5) is 13.2 Å². The van der Waals surface area contributed by atoms with Gasteiger partial charge in [-0.05, 0) is 0 Å². The predicted molar refractivity (Wildman–Crippen MR) is 98.7 cm³/mol. The van der Waals surface area contributed by atoms with Crippen molar-refractivity contribution in [1.29, 1.82) is 0 Å². The molecule has 1 amide bonds. The lowest BCUT2D eigenvalue weighted by atomic mass is 10.2. The molecule has 4 rings (SSSR count). The molecule has 0 radical (unpaired) electrons. The number of thiazole rings is 1. The molecule has 1 saturated heterocycles. The van der Waals surface area contributed by atoms with Crippen LogP contribution < -0.4 is 0 Å². The van der Waals surface area contributed by atoms with Gasteiger partial charge in [0, 0.05) is 50.4 Å². The molecule has 0 saturated carbocycles. The molecule has 1 fully saturated rings. The highest BCUT2D eigenvalue weighted by Gasteiger charge is 2.38. The molecule has 2 aliphatic rings. The topological polar surface area (TPSA) is 101 Å². The molecule has 0 aliphatic carbocycles. The van der Waals surface area contributed by atoms with Crippen molar-refractivity contribution in [2.75, 3.05) is 26.3 Å². The first-order chi connectivity index (χ1) is 14.2. The van der Waals surface area contributed by atoms with Crippen LogP contribution in [-0.2, 0) is 36.2 Å². The lowest BCUT2D eigenvalue weighted by molar-refractivity contribution is -0.192. The Balaban J connectivity index is 0.000000318. The van der Waals surface area contributed by atoms with Crippen LogP contribution in [0.15, 0.2) is 11.6 Å². The molecular formula is C17H20F3N5O4S. The van der Waals surface area contributed by atoms with Crippen molar-refractivity contribution in [3.05, 3.63) is 33.5 Å². The van der Waals surface area contributed by atoms with E-state index < -0.39 is 12.1 Å². The van der Waals surface area contributed by atoms with Gasteiger partial charge in [-0.2, -0.15) is 18.3 Å². The summed E-state index contributed by atoms with van der Waals surface area (Å²) in [6.07, 6.45) is -3.25. The van der Waals surface area contributed by atoms with Gasteiger partial charge in [0.1, 0.15) is 5.01 Å².